The van der Waals surface area contributed by atoms with Gasteiger partial charge in [0.25, 0.3) is 0 Å². The van der Waals surface area contributed by atoms with Crippen LogP contribution in [0.4, 0.5) is 10.1 Å². The van der Waals surface area contributed by atoms with Crippen LogP contribution in [0.1, 0.15) is 0 Å². The van der Waals surface area contributed by atoms with E-state index in [-0.39, 0.29) is 23.9 Å². The van der Waals surface area contributed by atoms with Crippen LogP contribution >= 0.6 is 35.0 Å². The SMILES string of the molecule is Cl.Nc1cccc(I)c1F. The predicted molar refractivity (Wildman–Crippen MR) is 50.8 cm³/mol. The fourth-order valence-electron chi connectivity index (χ4n) is 0.520. The van der Waals surface area contributed by atoms with Crippen LogP contribution in [0, 0.1) is 9.39 Å². The molecule has 0 heterocycles. The molecule has 0 radical (unpaired) electrons. The third-order valence-electron chi connectivity index (χ3n) is 0.981. The van der Waals surface area contributed by atoms with Gasteiger partial charge in [-0.25, -0.2) is 4.39 Å². The molecule has 0 bridgehead atoms. The molecule has 0 atom stereocenters. The molecule has 0 saturated heterocycles. The number of hydrogen-bond donors (Lipinski definition) is 1. The highest BCUT2D eigenvalue weighted by molar-refractivity contribution is 14.1. The number of nitrogen functional groups attached to an aromatic ring is 1. The van der Waals surface area contributed by atoms with Gasteiger partial charge in [0, 0.05) is 0 Å². The van der Waals surface area contributed by atoms with E-state index in [0.717, 1.165) is 0 Å². The summed E-state index contributed by atoms with van der Waals surface area (Å²) in [6.45, 7) is 0. The lowest BCUT2D eigenvalue weighted by atomic mass is 10.3. The maximum atomic E-state index is 12.6. The third kappa shape index (κ3) is 1.98. The average Bonchev–Trinajstić information content (AvgIpc) is 1.83. The Morgan fingerprint density at radius 2 is 2.00 bits per heavy atom. The van der Waals surface area contributed by atoms with Gasteiger partial charge in [-0.05, 0) is 34.7 Å². The van der Waals surface area contributed by atoms with Crippen molar-refractivity contribution in [2.45, 2.75) is 0 Å². The number of halogens is 3. The van der Waals surface area contributed by atoms with Crippen molar-refractivity contribution in [2.24, 2.45) is 0 Å². The van der Waals surface area contributed by atoms with Crippen LogP contribution in [0.2, 0.25) is 0 Å². The fourth-order valence-corrected chi connectivity index (χ4v) is 1.04. The Balaban J connectivity index is 0.000000810. The van der Waals surface area contributed by atoms with Crippen molar-refractivity contribution in [1.29, 1.82) is 0 Å². The van der Waals surface area contributed by atoms with Gasteiger partial charge in [-0.2, -0.15) is 0 Å². The van der Waals surface area contributed by atoms with E-state index in [0.29, 0.717) is 3.57 Å². The monoisotopic (exact) mass is 273 g/mol. The molecule has 2 N–H and O–H groups in total. The van der Waals surface area contributed by atoms with E-state index in [1.807, 2.05) is 22.6 Å². The number of anilines is 1. The Morgan fingerprint density at radius 3 is 2.40 bits per heavy atom. The molecule has 4 heteroatoms. The predicted octanol–water partition coefficient (Wildman–Crippen LogP) is 2.43. The van der Waals surface area contributed by atoms with Crippen LogP contribution < -0.4 is 5.73 Å². The lowest BCUT2D eigenvalue weighted by Crippen LogP contribution is -1.91. The van der Waals surface area contributed by atoms with Gasteiger partial charge in [-0.1, -0.05) is 6.07 Å². The van der Waals surface area contributed by atoms with E-state index in [1.54, 1.807) is 12.1 Å². The van der Waals surface area contributed by atoms with Crippen LogP contribution in [-0.2, 0) is 0 Å². The molecule has 1 aromatic rings. The number of nitrogens with two attached hydrogens (primary N) is 1. The average molecular weight is 273 g/mol. The molecule has 0 fully saturated rings. The summed E-state index contributed by atoms with van der Waals surface area (Å²) in [5, 5.41) is 0. The number of hydrogen-bond acceptors (Lipinski definition) is 1. The minimum atomic E-state index is -0.321. The van der Waals surface area contributed by atoms with E-state index in [9.17, 15) is 4.39 Å². The van der Waals surface area contributed by atoms with Crippen LogP contribution in [0.15, 0.2) is 18.2 Å². The molecule has 1 rings (SSSR count). The molecule has 1 nitrogen and oxygen atoms in total. The minimum absolute atomic E-state index is 0. The standard InChI is InChI=1S/C6H5FIN.ClH/c7-6-4(8)2-1-3-5(6)9;/h1-3H,9H2;1H. The largest absolute Gasteiger partial charge is 0.396 e. The highest BCUT2D eigenvalue weighted by Crippen LogP contribution is 2.15. The maximum absolute atomic E-state index is 12.6. The second kappa shape index (κ2) is 3.98. The summed E-state index contributed by atoms with van der Waals surface area (Å²) >= 11 is 1.89. The van der Waals surface area contributed by atoms with Crippen molar-refractivity contribution in [2.75, 3.05) is 5.73 Å². The van der Waals surface area contributed by atoms with Gasteiger partial charge in [0.05, 0.1) is 9.26 Å². The quantitative estimate of drug-likeness (QED) is 0.570. The Morgan fingerprint density at radius 1 is 1.40 bits per heavy atom. The Bertz CT molecular complexity index is 209. The summed E-state index contributed by atoms with van der Waals surface area (Å²) < 4.78 is 13.2. The van der Waals surface area contributed by atoms with Crippen molar-refractivity contribution < 1.29 is 4.39 Å². The number of rotatable bonds is 0. The first-order valence-corrected chi connectivity index (χ1v) is 3.49. The maximum Gasteiger partial charge on any atom is 0.159 e. The first kappa shape index (κ1) is 9.97. The Labute approximate surface area is 78.4 Å². The molecule has 0 aliphatic rings. The smallest absolute Gasteiger partial charge is 0.159 e. The second-order valence-corrected chi connectivity index (χ2v) is 2.81. The Hall–Kier alpha value is -0.0300. The zero-order chi connectivity index (χ0) is 6.85. The molecule has 0 aliphatic heterocycles. The van der Waals surface area contributed by atoms with Crippen LogP contribution in [0.3, 0.4) is 0 Å². The molecular weight excluding hydrogens is 267 g/mol. The Kier molecular flexibility index (Phi) is 3.96. The molecule has 56 valence electrons. The molecule has 0 spiro atoms. The van der Waals surface area contributed by atoms with Gasteiger partial charge in [0.1, 0.15) is 0 Å². The van der Waals surface area contributed by atoms with Crippen molar-refractivity contribution in [3.8, 4) is 0 Å². The minimum Gasteiger partial charge on any atom is -0.396 e. The van der Waals surface area contributed by atoms with Crippen molar-refractivity contribution in [1.82, 2.24) is 0 Å². The van der Waals surface area contributed by atoms with Crippen molar-refractivity contribution in [3.63, 3.8) is 0 Å². The van der Waals surface area contributed by atoms with Crippen LogP contribution in [-0.4, -0.2) is 0 Å². The molecule has 0 unspecified atom stereocenters. The summed E-state index contributed by atoms with van der Waals surface area (Å²) in [6.07, 6.45) is 0. The van der Waals surface area contributed by atoms with E-state index < -0.39 is 0 Å². The van der Waals surface area contributed by atoms with Crippen molar-refractivity contribution in [3.05, 3.63) is 27.6 Å². The third-order valence-corrected chi connectivity index (χ3v) is 1.81. The molecular formula is C6H6ClFIN. The van der Waals surface area contributed by atoms with E-state index in [2.05, 4.69) is 0 Å². The number of benzene rings is 1. The highest BCUT2D eigenvalue weighted by Gasteiger charge is 1.99. The zero-order valence-electron chi connectivity index (χ0n) is 4.97. The van der Waals surface area contributed by atoms with Gasteiger partial charge < -0.3 is 5.73 Å². The summed E-state index contributed by atoms with van der Waals surface area (Å²) in [4.78, 5) is 0. The second-order valence-electron chi connectivity index (χ2n) is 1.64. The van der Waals surface area contributed by atoms with Crippen molar-refractivity contribution >= 4 is 40.7 Å². The van der Waals surface area contributed by atoms with Gasteiger partial charge in [0.15, 0.2) is 5.82 Å². The van der Waals surface area contributed by atoms with E-state index in [1.165, 1.54) is 6.07 Å². The molecule has 0 saturated carbocycles. The van der Waals surface area contributed by atoms with E-state index in [4.69, 9.17) is 5.73 Å². The summed E-state index contributed by atoms with van der Waals surface area (Å²) in [7, 11) is 0. The molecule has 0 aromatic heterocycles. The zero-order valence-corrected chi connectivity index (χ0v) is 7.95. The van der Waals surface area contributed by atoms with Gasteiger partial charge in [0.2, 0.25) is 0 Å². The normalized spacial score (nSPS) is 8.60. The van der Waals surface area contributed by atoms with Gasteiger partial charge in [-0.15, -0.1) is 12.4 Å². The first-order chi connectivity index (χ1) is 4.22. The lowest BCUT2D eigenvalue weighted by Gasteiger charge is -1.95. The van der Waals surface area contributed by atoms with Crippen LogP contribution in [0.5, 0.6) is 0 Å². The van der Waals surface area contributed by atoms with Gasteiger partial charge in [-0.3, -0.25) is 0 Å². The van der Waals surface area contributed by atoms with E-state index >= 15 is 0 Å². The van der Waals surface area contributed by atoms with Gasteiger partial charge >= 0.3 is 0 Å². The molecule has 10 heavy (non-hydrogen) atoms. The van der Waals surface area contributed by atoms with Crippen LogP contribution in [0.25, 0.3) is 0 Å². The molecule has 0 aliphatic carbocycles. The molecule has 0 amide bonds. The summed E-state index contributed by atoms with van der Waals surface area (Å²) in [5.74, 6) is -0.321. The fraction of sp³-hybridized carbons (Fsp3) is 0. The highest BCUT2D eigenvalue weighted by atomic mass is 127. The molecule has 1 aromatic carbocycles. The summed E-state index contributed by atoms with van der Waals surface area (Å²) in [5.41, 5.74) is 5.45. The lowest BCUT2D eigenvalue weighted by molar-refractivity contribution is 0.625. The summed E-state index contributed by atoms with van der Waals surface area (Å²) in [6, 6.07) is 4.93. The first-order valence-electron chi connectivity index (χ1n) is 2.41. The topological polar surface area (TPSA) is 26.0 Å².